The Bertz CT molecular complexity index is 147. The van der Waals surface area contributed by atoms with Crippen molar-refractivity contribution in [3.63, 3.8) is 0 Å². The van der Waals surface area contributed by atoms with Crippen molar-refractivity contribution < 1.29 is 13.2 Å². The Balaban J connectivity index is 3.65. The minimum atomic E-state index is -4.13. The number of nitrogens with two attached hydrogens (primary N) is 1. The highest BCUT2D eigenvalue weighted by Crippen LogP contribution is 2.15. The van der Waals surface area contributed by atoms with Gasteiger partial charge in [0.1, 0.15) is 0 Å². The molecule has 0 heterocycles. The molecule has 0 aliphatic heterocycles. The predicted molar refractivity (Wildman–Crippen MR) is 51.1 cm³/mol. The van der Waals surface area contributed by atoms with Gasteiger partial charge in [0.15, 0.2) is 0 Å². The molecule has 0 aromatic rings. The van der Waals surface area contributed by atoms with Gasteiger partial charge in [-0.1, -0.05) is 19.8 Å². The number of hydrogen-bond donors (Lipinski definition) is 1. The van der Waals surface area contributed by atoms with Crippen molar-refractivity contribution in [3.05, 3.63) is 0 Å². The summed E-state index contributed by atoms with van der Waals surface area (Å²) in [4.78, 5) is 1.22. The molecular weight excluding hydrogens is 193 g/mol. The van der Waals surface area contributed by atoms with Gasteiger partial charge < -0.3 is 5.73 Å². The number of rotatable bonds is 6. The van der Waals surface area contributed by atoms with Gasteiger partial charge in [-0.15, -0.1) is 0 Å². The van der Waals surface area contributed by atoms with Crippen molar-refractivity contribution in [1.29, 1.82) is 0 Å². The Kier molecular flexibility index (Phi) is 6.11. The Labute approximate surface area is 83.3 Å². The molecule has 0 radical (unpaired) electrons. The molecule has 0 spiro atoms. The van der Waals surface area contributed by atoms with Gasteiger partial charge in [-0.05, 0) is 13.5 Å². The third-order valence-electron chi connectivity index (χ3n) is 1.92. The maximum Gasteiger partial charge on any atom is 0.401 e. The Morgan fingerprint density at radius 3 is 2.36 bits per heavy atom. The van der Waals surface area contributed by atoms with Gasteiger partial charge in [0.25, 0.3) is 0 Å². The van der Waals surface area contributed by atoms with Gasteiger partial charge in [-0.25, -0.2) is 0 Å². The molecule has 0 saturated heterocycles. The first kappa shape index (κ1) is 13.7. The second-order valence-electron chi connectivity index (χ2n) is 3.71. The van der Waals surface area contributed by atoms with Crippen LogP contribution in [0.2, 0.25) is 0 Å². The van der Waals surface area contributed by atoms with Crippen LogP contribution >= 0.6 is 0 Å². The molecule has 0 fully saturated rings. The van der Waals surface area contributed by atoms with Crippen LogP contribution in [-0.4, -0.2) is 37.3 Å². The quantitative estimate of drug-likeness (QED) is 0.729. The molecule has 0 aliphatic carbocycles. The van der Waals surface area contributed by atoms with E-state index in [9.17, 15) is 13.2 Å². The van der Waals surface area contributed by atoms with Crippen LogP contribution in [0, 0.1) is 0 Å². The molecule has 0 bridgehead atoms. The second kappa shape index (κ2) is 6.24. The largest absolute Gasteiger partial charge is 0.401 e. The van der Waals surface area contributed by atoms with Crippen molar-refractivity contribution in [3.8, 4) is 0 Å². The van der Waals surface area contributed by atoms with E-state index in [0.717, 1.165) is 19.3 Å². The number of alkyl halides is 3. The fourth-order valence-corrected chi connectivity index (χ4v) is 1.33. The molecule has 0 aromatic heterocycles. The SMILES string of the molecule is CCCCC(N)CN(C)CC(F)(F)F. The van der Waals surface area contributed by atoms with Crippen LogP contribution in [0.4, 0.5) is 13.2 Å². The van der Waals surface area contributed by atoms with Crippen molar-refractivity contribution in [2.75, 3.05) is 20.1 Å². The van der Waals surface area contributed by atoms with Crippen LogP contribution in [-0.2, 0) is 0 Å². The lowest BCUT2D eigenvalue weighted by Gasteiger charge is -2.22. The number of halogens is 3. The summed E-state index contributed by atoms with van der Waals surface area (Å²) in [6.07, 6.45) is -1.34. The zero-order valence-corrected chi connectivity index (χ0v) is 8.77. The van der Waals surface area contributed by atoms with Crippen molar-refractivity contribution in [1.82, 2.24) is 4.90 Å². The Hall–Kier alpha value is -0.290. The topological polar surface area (TPSA) is 29.3 Å². The van der Waals surface area contributed by atoms with E-state index in [-0.39, 0.29) is 6.04 Å². The molecule has 0 aromatic carbocycles. The zero-order chi connectivity index (χ0) is 11.2. The van der Waals surface area contributed by atoms with E-state index >= 15 is 0 Å². The summed E-state index contributed by atoms with van der Waals surface area (Å²) in [5.41, 5.74) is 5.67. The third-order valence-corrected chi connectivity index (χ3v) is 1.92. The summed E-state index contributed by atoms with van der Waals surface area (Å²) >= 11 is 0. The van der Waals surface area contributed by atoms with Gasteiger partial charge in [0, 0.05) is 12.6 Å². The third kappa shape index (κ3) is 8.31. The van der Waals surface area contributed by atoms with Gasteiger partial charge in [-0.2, -0.15) is 13.2 Å². The number of nitrogens with zero attached hydrogens (tertiary/aromatic N) is 1. The summed E-state index contributed by atoms with van der Waals surface area (Å²) in [5, 5.41) is 0. The smallest absolute Gasteiger partial charge is 0.327 e. The van der Waals surface area contributed by atoms with Gasteiger partial charge >= 0.3 is 6.18 Å². The molecule has 1 atom stereocenters. The molecule has 2 nitrogen and oxygen atoms in total. The summed E-state index contributed by atoms with van der Waals surface area (Å²) in [7, 11) is 1.44. The van der Waals surface area contributed by atoms with Crippen molar-refractivity contribution >= 4 is 0 Å². The maximum atomic E-state index is 11.9. The standard InChI is InChI=1S/C9H19F3N2/c1-3-4-5-8(13)6-14(2)7-9(10,11)12/h8H,3-7,13H2,1-2H3. The molecule has 0 amide bonds. The average molecular weight is 212 g/mol. The molecule has 0 aliphatic rings. The van der Waals surface area contributed by atoms with Crippen LogP contribution in [0.1, 0.15) is 26.2 Å². The van der Waals surface area contributed by atoms with E-state index in [0.29, 0.717) is 6.54 Å². The zero-order valence-electron chi connectivity index (χ0n) is 8.77. The highest BCUT2D eigenvalue weighted by atomic mass is 19.4. The first-order valence-electron chi connectivity index (χ1n) is 4.86. The molecule has 0 saturated carbocycles. The van der Waals surface area contributed by atoms with E-state index in [1.807, 2.05) is 6.92 Å². The first-order valence-corrected chi connectivity index (χ1v) is 4.86. The molecule has 5 heteroatoms. The van der Waals surface area contributed by atoms with E-state index in [2.05, 4.69) is 0 Å². The average Bonchev–Trinajstić information content (AvgIpc) is 1.96. The van der Waals surface area contributed by atoms with E-state index in [1.54, 1.807) is 0 Å². The lowest BCUT2D eigenvalue weighted by atomic mass is 10.1. The second-order valence-corrected chi connectivity index (χ2v) is 3.71. The summed E-state index contributed by atoms with van der Waals surface area (Å²) in [5.74, 6) is 0. The molecule has 1 unspecified atom stereocenters. The highest BCUT2D eigenvalue weighted by molar-refractivity contribution is 4.68. The van der Waals surface area contributed by atoms with Crippen LogP contribution < -0.4 is 5.73 Å². The molecule has 0 rings (SSSR count). The minimum absolute atomic E-state index is 0.151. The predicted octanol–water partition coefficient (Wildman–Crippen LogP) is 2.00. The number of hydrogen-bond acceptors (Lipinski definition) is 2. The molecule has 2 N–H and O–H groups in total. The van der Waals surface area contributed by atoms with E-state index in [1.165, 1.54) is 11.9 Å². The Morgan fingerprint density at radius 1 is 1.36 bits per heavy atom. The minimum Gasteiger partial charge on any atom is -0.327 e. The van der Waals surface area contributed by atoms with Gasteiger partial charge in [-0.3, -0.25) is 4.90 Å². The molecular formula is C9H19F3N2. The van der Waals surface area contributed by atoms with E-state index < -0.39 is 12.7 Å². The first-order chi connectivity index (χ1) is 6.35. The van der Waals surface area contributed by atoms with Crippen LogP contribution in [0.15, 0.2) is 0 Å². The van der Waals surface area contributed by atoms with Crippen LogP contribution in [0.5, 0.6) is 0 Å². The maximum absolute atomic E-state index is 11.9. The lowest BCUT2D eigenvalue weighted by Crippen LogP contribution is -2.39. The lowest BCUT2D eigenvalue weighted by molar-refractivity contribution is -0.143. The van der Waals surface area contributed by atoms with E-state index in [4.69, 9.17) is 5.73 Å². The fraction of sp³-hybridized carbons (Fsp3) is 1.00. The van der Waals surface area contributed by atoms with Crippen molar-refractivity contribution in [2.24, 2.45) is 5.73 Å². The van der Waals surface area contributed by atoms with Crippen LogP contribution in [0.25, 0.3) is 0 Å². The number of unbranched alkanes of at least 4 members (excludes halogenated alkanes) is 1. The molecule has 14 heavy (non-hydrogen) atoms. The summed E-state index contributed by atoms with van der Waals surface area (Å²) < 4.78 is 35.8. The molecule has 86 valence electrons. The van der Waals surface area contributed by atoms with Gasteiger partial charge in [0.05, 0.1) is 6.54 Å². The summed E-state index contributed by atoms with van der Waals surface area (Å²) in [6, 6.07) is -0.151. The van der Waals surface area contributed by atoms with Gasteiger partial charge in [0.2, 0.25) is 0 Å². The summed E-state index contributed by atoms with van der Waals surface area (Å²) in [6.45, 7) is 1.46. The van der Waals surface area contributed by atoms with Crippen molar-refractivity contribution in [2.45, 2.75) is 38.4 Å². The monoisotopic (exact) mass is 212 g/mol. The number of likely N-dealkylation sites (N-methyl/N-ethyl adjacent to an activating group) is 1. The highest BCUT2D eigenvalue weighted by Gasteiger charge is 2.29. The normalized spacial score (nSPS) is 14.8. The fourth-order valence-electron chi connectivity index (χ4n) is 1.33. The Morgan fingerprint density at radius 2 is 1.93 bits per heavy atom. The van der Waals surface area contributed by atoms with Crippen LogP contribution in [0.3, 0.4) is 0 Å².